The van der Waals surface area contributed by atoms with Gasteiger partial charge in [0.1, 0.15) is 5.75 Å². The lowest BCUT2D eigenvalue weighted by Crippen LogP contribution is -2.14. The second-order valence-electron chi connectivity index (χ2n) is 5.30. The monoisotopic (exact) mass is 353 g/mol. The van der Waals surface area contributed by atoms with Crippen LogP contribution < -0.4 is 15.2 Å². The Morgan fingerprint density at radius 2 is 1.76 bits per heavy atom. The van der Waals surface area contributed by atoms with E-state index in [-0.39, 0.29) is 29.4 Å². The molecule has 0 unspecified atom stereocenters. The summed E-state index contributed by atoms with van der Waals surface area (Å²) >= 11 is 0. The number of alkyl halides is 3. The third-order valence-corrected chi connectivity index (χ3v) is 3.40. The van der Waals surface area contributed by atoms with Gasteiger partial charge < -0.3 is 15.2 Å². The van der Waals surface area contributed by atoms with Crippen LogP contribution >= 0.6 is 0 Å². The van der Waals surface area contributed by atoms with Gasteiger partial charge in [-0.2, -0.15) is 13.2 Å². The standard InChI is InChI=1S/C18H18F3NO3/c1-2-3-11-24-16-12(17(22)23)7-6-10-15(16)25-14-9-5-4-8-13(14)18(19,20)21/h4-10H,2-3,11H2,1H3,(H2,22,23). The Kier molecular flexibility index (Phi) is 5.90. The van der Waals surface area contributed by atoms with Crippen molar-refractivity contribution in [1.82, 2.24) is 0 Å². The Morgan fingerprint density at radius 3 is 2.40 bits per heavy atom. The molecule has 0 radical (unpaired) electrons. The van der Waals surface area contributed by atoms with E-state index in [1.54, 1.807) is 0 Å². The molecule has 7 heteroatoms. The highest BCUT2D eigenvalue weighted by molar-refractivity contribution is 5.96. The average molecular weight is 353 g/mol. The predicted molar refractivity (Wildman–Crippen MR) is 86.9 cm³/mol. The number of nitrogens with two attached hydrogens (primary N) is 1. The zero-order valence-electron chi connectivity index (χ0n) is 13.6. The van der Waals surface area contributed by atoms with Crippen LogP contribution in [0.25, 0.3) is 0 Å². The normalized spacial score (nSPS) is 11.2. The van der Waals surface area contributed by atoms with E-state index in [2.05, 4.69) is 0 Å². The van der Waals surface area contributed by atoms with Crippen LogP contribution in [0.3, 0.4) is 0 Å². The number of para-hydroxylation sites is 2. The van der Waals surface area contributed by atoms with Crippen molar-refractivity contribution in [3.05, 3.63) is 53.6 Å². The van der Waals surface area contributed by atoms with E-state index in [0.717, 1.165) is 12.5 Å². The lowest BCUT2D eigenvalue weighted by atomic mass is 10.1. The Balaban J connectivity index is 2.43. The molecular formula is C18H18F3NO3. The third kappa shape index (κ3) is 4.65. The molecule has 0 spiro atoms. The van der Waals surface area contributed by atoms with Crippen LogP contribution in [0.15, 0.2) is 42.5 Å². The van der Waals surface area contributed by atoms with Crippen LogP contribution in [0, 0.1) is 0 Å². The Bertz CT molecular complexity index is 745. The van der Waals surface area contributed by atoms with E-state index in [1.165, 1.54) is 36.4 Å². The summed E-state index contributed by atoms with van der Waals surface area (Å²) in [6.07, 6.45) is -3.00. The minimum atomic E-state index is -4.57. The van der Waals surface area contributed by atoms with Gasteiger partial charge in [0.25, 0.3) is 5.91 Å². The molecule has 2 aromatic carbocycles. The fourth-order valence-electron chi connectivity index (χ4n) is 2.17. The maximum absolute atomic E-state index is 13.1. The zero-order valence-corrected chi connectivity index (χ0v) is 13.6. The summed E-state index contributed by atoms with van der Waals surface area (Å²) in [5.74, 6) is -1.08. The molecule has 0 bridgehead atoms. The molecule has 0 fully saturated rings. The van der Waals surface area contributed by atoms with Gasteiger partial charge >= 0.3 is 6.18 Å². The van der Waals surface area contributed by atoms with Gasteiger partial charge in [0.2, 0.25) is 0 Å². The second-order valence-corrected chi connectivity index (χ2v) is 5.30. The Hall–Kier alpha value is -2.70. The fraction of sp³-hybridized carbons (Fsp3) is 0.278. The molecule has 134 valence electrons. The number of ether oxygens (including phenoxy) is 2. The van der Waals surface area contributed by atoms with Crippen LogP contribution in [-0.2, 0) is 6.18 Å². The van der Waals surface area contributed by atoms with Crippen LogP contribution in [-0.4, -0.2) is 12.5 Å². The van der Waals surface area contributed by atoms with Gasteiger partial charge in [-0.1, -0.05) is 31.5 Å². The van der Waals surface area contributed by atoms with E-state index >= 15 is 0 Å². The average Bonchev–Trinajstić information content (AvgIpc) is 2.55. The van der Waals surface area contributed by atoms with Gasteiger partial charge in [0, 0.05) is 0 Å². The van der Waals surface area contributed by atoms with Crippen molar-refractivity contribution in [3.8, 4) is 17.2 Å². The molecule has 0 saturated carbocycles. The summed E-state index contributed by atoms with van der Waals surface area (Å²) in [5, 5.41) is 0. The molecular weight excluding hydrogens is 335 g/mol. The number of rotatable bonds is 7. The molecule has 0 atom stereocenters. The van der Waals surface area contributed by atoms with Gasteiger partial charge in [-0.15, -0.1) is 0 Å². The molecule has 0 aliphatic rings. The first-order valence-electron chi connectivity index (χ1n) is 7.74. The van der Waals surface area contributed by atoms with Crippen molar-refractivity contribution in [2.24, 2.45) is 5.73 Å². The molecule has 0 aromatic heterocycles. The molecule has 0 heterocycles. The summed E-state index contributed by atoms with van der Waals surface area (Å²) in [4.78, 5) is 11.6. The number of carbonyl (C=O) groups excluding carboxylic acids is 1. The highest BCUT2D eigenvalue weighted by atomic mass is 19.4. The van der Waals surface area contributed by atoms with Crippen molar-refractivity contribution >= 4 is 5.91 Å². The van der Waals surface area contributed by atoms with Crippen molar-refractivity contribution in [1.29, 1.82) is 0 Å². The highest BCUT2D eigenvalue weighted by Crippen LogP contribution is 2.41. The van der Waals surface area contributed by atoms with Crippen LogP contribution in [0.1, 0.15) is 35.7 Å². The molecule has 4 nitrogen and oxygen atoms in total. The van der Waals surface area contributed by atoms with E-state index in [9.17, 15) is 18.0 Å². The van der Waals surface area contributed by atoms with Crippen molar-refractivity contribution in [3.63, 3.8) is 0 Å². The molecule has 0 aliphatic heterocycles. The Morgan fingerprint density at radius 1 is 1.08 bits per heavy atom. The molecule has 25 heavy (non-hydrogen) atoms. The summed E-state index contributed by atoms with van der Waals surface area (Å²) < 4.78 is 50.4. The summed E-state index contributed by atoms with van der Waals surface area (Å²) in [6.45, 7) is 2.25. The quantitative estimate of drug-likeness (QED) is 0.729. The summed E-state index contributed by atoms with van der Waals surface area (Å²) in [5.41, 5.74) is 4.46. The molecule has 2 rings (SSSR count). The van der Waals surface area contributed by atoms with Crippen molar-refractivity contribution in [2.45, 2.75) is 25.9 Å². The maximum atomic E-state index is 13.1. The third-order valence-electron chi connectivity index (χ3n) is 3.40. The largest absolute Gasteiger partial charge is 0.489 e. The summed E-state index contributed by atoms with van der Waals surface area (Å²) in [7, 11) is 0. The van der Waals surface area contributed by atoms with E-state index < -0.39 is 17.6 Å². The highest BCUT2D eigenvalue weighted by Gasteiger charge is 2.34. The molecule has 0 saturated heterocycles. The first-order valence-corrected chi connectivity index (χ1v) is 7.74. The lowest BCUT2D eigenvalue weighted by Gasteiger charge is -2.17. The first-order chi connectivity index (χ1) is 11.8. The maximum Gasteiger partial charge on any atom is 0.419 e. The van der Waals surface area contributed by atoms with Crippen molar-refractivity contribution < 1.29 is 27.4 Å². The smallest absolute Gasteiger partial charge is 0.419 e. The fourth-order valence-corrected chi connectivity index (χ4v) is 2.17. The van der Waals surface area contributed by atoms with Gasteiger partial charge in [0.05, 0.1) is 17.7 Å². The van der Waals surface area contributed by atoms with E-state index in [0.29, 0.717) is 6.42 Å². The number of benzene rings is 2. The van der Waals surface area contributed by atoms with Crippen LogP contribution in [0.2, 0.25) is 0 Å². The molecule has 2 N–H and O–H groups in total. The molecule has 2 aromatic rings. The van der Waals surface area contributed by atoms with Gasteiger partial charge in [-0.3, -0.25) is 4.79 Å². The second kappa shape index (κ2) is 7.92. The van der Waals surface area contributed by atoms with Crippen LogP contribution in [0.5, 0.6) is 17.2 Å². The number of primary amides is 1. The SMILES string of the molecule is CCCCOc1c(Oc2ccccc2C(F)(F)F)cccc1C(N)=O. The minimum Gasteiger partial charge on any atom is -0.489 e. The number of amides is 1. The van der Waals surface area contributed by atoms with Gasteiger partial charge in [0.15, 0.2) is 11.5 Å². The number of carbonyl (C=O) groups is 1. The zero-order chi connectivity index (χ0) is 18.4. The van der Waals surface area contributed by atoms with E-state index in [4.69, 9.17) is 15.2 Å². The number of halogens is 3. The van der Waals surface area contributed by atoms with E-state index in [1.807, 2.05) is 6.92 Å². The predicted octanol–water partition coefficient (Wildman–Crippen LogP) is 4.78. The molecule has 1 amide bonds. The topological polar surface area (TPSA) is 61.6 Å². The number of hydrogen-bond acceptors (Lipinski definition) is 3. The minimum absolute atomic E-state index is 0.00380. The first kappa shape index (κ1) is 18.6. The van der Waals surface area contributed by atoms with Crippen LogP contribution in [0.4, 0.5) is 13.2 Å². The summed E-state index contributed by atoms with van der Waals surface area (Å²) in [6, 6.07) is 9.17. The Labute approximate surface area is 143 Å². The number of unbranched alkanes of at least 4 members (excludes halogenated alkanes) is 1. The lowest BCUT2D eigenvalue weighted by molar-refractivity contribution is -0.138. The van der Waals surface area contributed by atoms with Gasteiger partial charge in [-0.05, 0) is 30.7 Å². The van der Waals surface area contributed by atoms with Crippen molar-refractivity contribution in [2.75, 3.05) is 6.61 Å². The molecule has 0 aliphatic carbocycles. The van der Waals surface area contributed by atoms with Gasteiger partial charge in [-0.25, -0.2) is 0 Å². The number of hydrogen-bond donors (Lipinski definition) is 1.